The minimum atomic E-state index is 0.134. The summed E-state index contributed by atoms with van der Waals surface area (Å²) in [5.41, 5.74) is 0.955. The molecule has 0 atom stereocenters. The van der Waals surface area contributed by atoms with Gasteiger partial charge in [-0.2, -0.15) is 0 Å². The largest absolute Gasteiger partial charge is 0.490 e. The standard InChI is InChI=1S/C17H17ClO/c1-13(2)19-17-11-10-14-7-3-4-8-15(14)16(17)9-5-6-12-18/h3-4,7-8,10-11,13H,6,12H2,1-2H3. The zero-order valence-corrected chi connectivity index (χ0v) is 12.0. The molecule has 0 aliphatic heterocycles. The first-order valence-corrected chi connectivity index (χ1v) is 6.99. The number of hydrogen-bond acceptors (Lipinski definition) is 1. The van der Waals surface area contributed by atoms with Crippen molar-refractivity contribution in [3.63, 3.8) is 0 Å². The molecule has 2 aromatic carbocycles. The van der Waals surface area contributed by atoms with E-state index in [1.807, 2.05) is 32.0 Å². The molecule has 2 aromatic rings. The number of halogens is 1. The van der Waals surface area contributed by atoms with Gasteiger partial charge < -0.3 is 4.74 Å². The van der Waals surface area contributed by atoms with Gasteiger partial charge in [0.1, 0.15) is 5.75 Å². The summed E-state index contributed by atoms with van der Waals surface area (Å²) < 4.78 is 5.85. The molecular weight excluding hydrogens is 256 g/mol. The molecule has 0 fully saturated rings. The van der Waals surface area contributed by atoms with Crippen LogP contribution in [-0.4, -0.2) is 12.0 Å². The van der Waals surface area contributed by atoms with E-state index < -0.39 is 0 Å². The molecule has 19 heavy (non-hydrogen) atoms. The first kappa shape index (κ1) is 13.8. The molecule has 0 spiro atoms. The van der Waals surface area contributed by atoms with E-state index >= 15 is 0 Å². The third kappa shape index (κ3) is 3.43. The van der Waals surface area contributed by atoms with Crippen molar-refractivity contribution in [3.05, 3.63) is 42.0 Å². The van der Waals surface area contributed by atoms with E-state index in [1.165, 1.54) is 5.39 Å². The third-order valence-electron chi connectivity index (χ3n) is 2.69. The monoisotopic (exact) mass is 272 g/mol. The fourth-order valence-electron chi connectivity index (χ4n) is 1.93. The topological polar surface area (TPSA) is 9.23 Å². The Balaban J connectivity index is 2.55. The minimum absolute atomic E-state index is 0.134. The summed E-state index contributed by atoms with van der Waals surface area (Å²) in [4.78, 5) is 0. The Bertz CT molecular complexity index is 620. The molecule has 98 valence electrons. The van der Waals surface area contributed by atoms with Crippen molar-refractivity contribution in [2.75, 3.05) is 5.88 Å². The summed E-state index contributed by atoms with van der Waals surface area (Å²) in [7, 11) is 0. The van der Waals surface area contributed by atoms with Gasteiger partial charge in [-0.05, 0) is 25.3 Å². The number of benzene rings is 2. The van der Waals surface area contributed by atoms with Crippen LogP contribution in [0, 0.1) is 11.8 Å². The SMILES string of the molecule is CC(C)Oc1ccc2ccccc2c1C#CCCCl. The van der Waals surface area contributed by atoms with E-state index in [2.05, 4.69) is 30.0 Å². The van der Waals surface area contributed by atoms with Gasteiger partial charge in [0.25, 0.3) is 0 Å². The summed E-state index contributed by atoms with van der Waals surface area (Å²) in [6.45, 7) is 4.04. The number of alkyl halides is 1. The second kappa shape index (κ2) is 6.50. The van der Waals surface area contributed by atoms with Crippen LogP contribution in [0.15, 0.2) is 36.4 Å². The summed E-state index contributed by atoms with van der Waals surface area (Å²) >= 11 is 5.68. The lowest BCUT2D eigenvalue weighted by Crippen LogP contribution is -2.06. The molecule has 0 aromatic heterocycles. The van der Waals surface area contributed by atoms with E-state index in [-0.39, 0.29) is 6.10 Å². The zero-order chi connectivity index (χ0) is 13.7. The second-order valence-electron chi connectivity index (χ2n) is 4.57. The molecule has 2 rings (SSSR count). The van der Waals surface area contributed by atoms with Gasteiger partial charge in [0, 0.05) is 17.7 Å². The Kier molecular flexibility index (Phi) is 4.71. The smallest absolute Gasteiger partial charge is 0.135 e. The first-order chi connectivity index (χ1) is 9.22. The predicted molar refractivity (Wildman–Crippen MR) is 81.9 cm³/mol. The summed E-state index contributed by atoms with van der Waals surface area (Å²) in [6.07, 6.45) is 0.820. The molecule has 0 N–H and O–H groups in total. The molecule has 2 heteroatoms. The van der Waals surface area contributed by atoms with Crippen LogP contribution in [0.2, 0.25) is 0 Å². The number of rotatable bonds is 3. The molecule has 1 nitrogen and oxygen atoms in total. The molecule has 0 radical (unpaired) electrons. The molecule has 0 amide bonds. The van der Waals surface area contributed by atoms with Crippen molar-refractivity contribution in [2.24, 2.45) is 0 Å². The molecule has 0 aliphatic carbocycles. The quantitative estimate of drug-likeness (QED) is 0.586. The zero-order valence-electron chi connectivity index (χ0n) is 11.2. The highest BCUT2D eigenvalue weighted by molar-refractivity contribution is 6.18. The van der Waals surface area contributed by atoms with E-state index in [0.717, 1.165) is 16.7 Å². The van der Waals surface area contributed by atoms with Crippen molar-refractivity contribution in [1.82, 2.24) is 0 Å². The average Bonchev–Trinajstić information content (AvgIpc) is 2.40. The molecule has 0 saturated carbocycles. The number of hydrogen-bond donors (Lipinski definition) is 0. The van der Waals surface area contributed by atoms with Crippen molar-refractivity contribution in [3.8, 4) is 17.6 Å². The van der Waals surface area contributed by atoms with Crippen LogP contribution in [-0.2, 0) is 0 Å². The van der Waals surface area contributed by atoms with E-state index in [0.29, 0.717) is 12.3 Å². The van der Waals surface area contributed by atoms with Crippen LogP contribution >= 0.6 is 11.6 Å². The highest BCUT2D eigenvalue weighted by atomic mass is 35.5. The maximum Gasteiger partial charge on any atom is 0.135 e. The molecule has 0 unspecified atom stereocenters. The Labute approximate surface area is 119 Å². The van der Waals surface area contributed by atoms with Gasteiger partial charge >= 0.3 is 0 Å². The van der Waals surface area contributed by atoms with Crippen molar-refractivity contribution >= 4 is 22.4 Å². The lowest BCUT2D eigenvalue weighted by Gasteiger charge is -2.13. The van der Waals surface area contributed by atoms with Crippen LogP contribution in [0.5, 0.6) is 5.75 Å². The third-order valence-corrected chi connectivity index (χ3v) is 2.88. The van der Waals surface area contributed by atoms with E-state index in [9.17, 15) is 0 Å². The van der Waals surface area contributed by atoms with Gasteiger partial charge in [-0.1, -0.05) is 42.2 Å². The Hall–Kier alpha value is -1.65. The summed E-state index contributed by atoms with van der Waals surface area (Å²) in [5.74, 6) is 7.70. The number of fused-ring (bicyclic) bond motifs is 1. The molecule has 0 heterocycles. The van der Waals surface area contributed by atoms with Gasteiger partial charge in [0.05, 0.1) is 11.7 Å². The van der Waals surface area contributed by atoms with Gasteiger partial charge in [-0.3, -0.25) is 0 Å². The highest BCUT2D eigenvalue weighted by Gasteiger charge is 2.07. The average molecular weight is 273 g/mol. The van der Waals surface area contributed by atoms with Crippen LogP contribution in [0.3, 0.4) is 0 Å². The normalized spacial score (nSPS) is 10.3. The Morgan fingerprint density at radius 3 is 2.68 bits per heavy atom. The maximum atomic E-state index is 5.85. The molecule has 0 saturated heterocycles. The van der Waals surface area contributed by atoms with Gasteiger partial charge in [-0.15, -0.1) is 11.6 Å². The summed E-state index contributed by atoms with van der Waals surface area (Å²) in [5, 5.41) is 2.30. The first-order valence-electron chi connectivity index (χ1n) is 6.45. The predicted octanol–water partition coefficient (Wildman–Crippen LogP) is 4.61. The molecule has 0 aliphatic rings. The minimum Gasteiger partial charge on any atom is -0.490 e. The van der Waals surface area contributed by atoms with Crippen LogP contribution in [0.1, 0.15) is 25.8 Å². The lowest BCUT2D eigenvalue weighted by molar-refractivity contribution is 0.242. The van der Waals surface area contributed by atoms with Crippen molar-refractivity contribution in [2.45, 2.75) is 26.4 Å². The molecular formula is C17H17ClO. The van der Waals surface area contributed by atoms with Crippen LogP contribution < -0.4 is 4.74 Å². The van der Waals surface area contributed by atoms with Gasteiger partial charge in [0.2, 0.25) is 0 Å². The Morgan fingerprint density at radius 2 is 1.95 bits per heavy atom. The van der Waals surface area contributed by atoms with Crippen LogP contribution in [0.25, 0.3) is 10.8 Å². The fourth-order valence-corrected chi connectivity index (χ4v) is 2.03. The Morgan fingerprint density at radius 1 is 1.16 bits per heavy atom. The fraction of sp³-hybridized carbons (Fsp3) is 0.294. The lowest BCUT2D eigenvalue weighted by atomic mass is 10.0. The maximum absolute atomic E-state index is 5.85. The van der Waals surface area contributed by atoms with Crippen LogP contribution in [0.4, 0.5) is 0 Å². The van der Waals surface area contributed by atoms with Crippen molar-refractivity contribution < 1.29 is 4.74 Å². The number of ether oxygens (including phenoxy) is 1. The van der Waals surface area contributed by atoms with Gasteiger partial charge in [-0.25, -0.2) is 0 Å². The van der Waals surface area contributed by atoms with E-state index in [1.54, 1.807) is 0 Å². The van der Waals surface area contributed by atoms with Crippen molar-refractivity contribution in [1.29, 1.82) is 0 Å². The second-order valence-corrected chi connectivity index (χ2v) is 4.95. The molecule has 0 bridgehead atoms. The van der Waals surface area contributed by atoms with E-state index in [4.69, 9.17) is 16.3 Å². The highest BCUT2D eigenvalue weighted by Crippen LogP contribution is 2.28. The summed E-state index contributed by atoms with van der Waals surface area (Å²) in [6, 6.07) is 12.3. The van der Waals surface area contributed by atoms with Gasteiger partial charge in [0.15, 0.2) is 0 Å².